The number of furan rings is 1. The van der Waals surface area contributed by atoms with Gasteiger partial charge >= 0.3 is 0 Å². The SMILES string of the molecule is Cc1ccc(/C=C/C(=O)NN)o1. The van der Waals surface area contributed by atoms with E-state index in [0.29, 0.717) is 5.76 Å². The molecular weight excluding hydrogens is 156 g/mol. The van der Waals surface area contributed by atoms with Gasteiger partial charge in [-0.05, 0) is 25.1 Å². The summed E-state index contributed by atoms with van der Waals surface area (Å²) in [5.74, 6) is 5.95. The van der Waals surface area contributed by atoms with E-state index in [0.717, 1.165) is 5.76 Å². The predicted molar refractivity (Wildman–Crippen MR) is 44.8 cm³/mol. The summed E-state index contributed by atoms with van der Waals surface area (Å²) in [6.07, 6.45) is 2.85. The third kappa shape index (κ3) is 2.25. The molecule has 0 saturated heterocycles. The molecule has 0 aliphatic carbocycles. The lowest BCUT2D eigenvalue weighted by Gasteiger charge is -1.88. The number of hydrazine groups is 1. The van der Waals surface area contributed by atoms with E-state index in [1.165, 1.54) is 6.08 Å². The first-order valence-electron chi connectivity index (χ1n) is 3.47. The first-order chi connectivity index (χ1) is 5.72. The largest absolute Gasteiger partial charge is 0.462 e. The number of nitrogens with two attached hydrogens (primary N) is 1. The first-order valence-corrected chi connectivity index (χ1v) is 3.47. The zero-order valence-electron chi connectivity index (χ0n) is 6.70. The molecule has 0 bridgehead atoms. The Kier molecular flexibility index (Phi) is 2.66. The summed E-state index contributed by atoms with van der Waals surface area (Å²) in [6, 6.07) is 3.59. The number of amides is 1. The van der Waals surface area contributed by atoms with Crippen LogP contribution in [-0.2, 0) is 4.79 Å². The maximum absolute atomic E-state index is 10.6. The normalized spacial score (nSPS) is 10.5. The molecule has 1 rings (SSSR count). The molecule has 12 heavy (non-hydrogen) atoms. The van der Waals surface area contributed by atoms with Gasteiger partial charge in [-0.2, -0.15) is 0 Å². The van der Waals surface area contributed by atoms with Gasteiger partial charge in [-0.15, -0.1) is 0 Å². The molecule has 1 aromatic heterocycles. The van der Waals surface area contributed by atoms with Crippen LogP contribution in [0.3, 0.4) is 0 Å². The van der Waals surface area contributed by atoms with Crippen LogP contribution in [0.25, 0.3) is 6.08 Å². The van der Waals surface area contributed by atoms with Crippen LogP contribution >= 0.6 is 0 Å². The summed E-state index contributed by atoms with van der Waals surface area (Å²) < 4.78 is 5.17. The van der Waals surface area contributed by atoms with Crippen LogP contribution in [0.1, 0.15) is 11.5 Å². The van der Waals surface area contributed by atoms with Crippen molar-refractivity contribution in [2.75, 3.05) is 0 Å². The maximum atomic E-state index is 10.6. The molecular formula is C8H10N2O2. The smallest absolute Gasteiger partial charge is 0.258 e. The number of nitrogens with one attached hydrogen (secondary N) is 1. The Morgan fingerprint density at radius 1 is 1.67 bits per heavy atom. The van der Waals surface area contributed by atoms with Crippen molar-refractivity contribution in [2.45, 2.75) is 6.92 Å². The Labute approximate surface area is 70.0 Å². The van der Waals surface area contributed by atoms with Crippen molar-refractivity contribution >= 4 is 12.0 Å². The van der Waals surface area contributed by atoms with Crippen molar-refractivity contribution in [3.63, 3.8) is 0 Å². The predicted octanol–water partition coefficient (Wildman–Crippen LogP) is 0.591. The molecule has 4 heteroatoms. The van der Waals surface area contributed by atoms with Gasteiger partial charge in [0.25, 0.3) is 5.91 Å². The monoisotopic (exact) mass is 166 g/mol. The minimum atomic E-state index is -0.357. The molecule has 0 aromatic carbocycles. The molecule has 0 spiro atoms. The van der Waals surface area contributed by atoms with Gasteiger partial charge in [-0.3, -0.25) is 10.2 Å². The Morgan fingerprint density at radius 2 is 2.42 bits per heavy atom. The van der Waals surface area contributed by atoms with Crippen LogP contribution in [0.5, 0.6) is 0 Å². The van der Waals surface area contributed by atoms with Crippen molar-refractivity contribution in [1.82, 2.24) is 5.43 Å². The van der Waals surface area contributed by atoms with Crippen LogP contribution < -0.4 is 11.3 Å². The van der Waals surface area contributed by atoms with Crippen molar-refractivity contribution in [3.8, 4) is 0 Å². The summed E-state index contributed by atoms with van der Waals surface area (Å²) in [4.78, 5) is 10.6. The molecule has 0 radical (unpaired) electrons. The molecule has 64 valence electrons. The van der Waals surface area contributed by atoms with E-state index >= 15 is 0 Å². The highest BCUT2D eigenvalue weighted by Crippen LogP contribution is 2.07. The Morgan fingerprint density at radius 3 is 2.92 bits per heavy atom. The van der Waals surface area contributed by atoms with Crippen molar-refractivity contribution in [3.05, 3.63) is 29.7 Å². The molecule has 0 aliphatic rings. The van der Waals surface area contributed by atoms with E-state index in [-0.39, 0.29) is 5.91 Å². The number of carbonyl (C=O) groups is 1. The van der Waals surface area contributed by atoms with E-state index in [1.807, 2.05) is 18.4 Å². The summed E-state index contributed by atoms with van der Waals surface area (Å²) in [5, 5.41) is 0. The average Bonchev–Trinajstić information content (AvgIpc) is 2.47. The minimum Gasteiger partial charge on any atom is -0.462 e. The lowest BCUT2D eigenvalue weighted by molar-refractivity contribution is -0.116. The third-order valence-corrected chi connectivity index (χ3v) is 1.30. The van der Waals surface area contributed by atoms with E-state index < -0.39 is 0 Å². The highest BCUT2D eigenvalue weighted by Gasteiger charge is 1.93. The van der Waals surface area contributed by atoms with Gasteiger partial charge in [0.05, 0.1) is 0 Å². The number of rotatable bonds is 2. The molecule has 1 heterocycles. The molecule has 0 unspecified atom stereocenters. The fourth-order valence-corrected chi connectivity index (χ4v) is 0.749. The van der Waals surface area contributed by atoms with Gasteiger partial charge in [-0.1, -0.05) is 0 Å². The number of hydrogen-bond acceptors (Lipinski definition) is 3. The van der Waals surface area contributed by atoms with Gasteiger partial charge in [-0.25, -0.2) is 5.84 Å². The highest BCUT2D eigenvalue weighted by molar-refractivity contribution is 5.90. The van der Waals surface area contributed by atoms with Crippen LogP contribution in [0, 0.1) is 6.92 Å². The topological polar surface area (TPSA) is 68.3 Å². The van der Waals surface area contributed by atoms with Crippen molar-refractivity contribution in [1.29, 1.82) is 0 Å². The maximum Gasteiger partial charge on any atom is 0.258 e. The lowest BCUT2D eigenvalue weighted by atomic mass is 10.4. The van der Waals surface area contributed by atoms with Crippen LogP contribution in [0.2, 0.25) is 0 Å². The zero-order chi connectivity index (χ0) is 8.97. The molecule has 1 amide bonds. The fourth-order valence-electron chi connectivity index (χ4n) is 0.749. The van der Waals surface area contributed by atoms with Crippen molar-refractivity contribution < 1.29 is 9.21 Å². The second-order valence-electron chi connectivity index (χ2n) is 2.29. The van der Waals surface area contributed by atoms with E-state index in [4.69, 9.17) is 10.3 Å². The lowest BCUT2D eigenvalue weighted by Crippen LogP contribution is -2.27. The zero-order valence-corrected chi connectivity index (χ0v) is 6.70. The van der Waals surface area contributed by atoms with Gasteiger partial charge in [0.2, 0.25) is 0 Å². The van der Waals surface area contributed by atoms with Gasteiger partial charge < -0.3 is 4.42 Å². The average molecular weight is 166 g/mol. The van der Waals surface area contributed by atoms with Gasteiger partial charge in [0, 0.05) is 6.08 Å². The summed E-state index contributed by atoms with van der Waals surface area (Å²) >= 11 is 0. The third-order valence-electron chi connectivity index (χ3n) is 1.30. The second-order valence-corrected chi connectivity index (χ2v) is 2.29. The first kappa shape index (κ1) is 8.55. The molecule has 4 nitrogen and oxygen atoms in total. The summed E-state index contributed by atoms with van der Waals surface area (Å²) in [7, 11) is 0. The van der Waals surface area contributed by atoms with Crippen LogP contribution in [0.15, 0.2) is 22.6 Å². The quantitative estimate of drug-likeness (QED) is 0.292. The summed E-state index contributed by atoms with van der Waals surface area (Å²) in [6.45, 7) is 1.83. The fraction of sp³-hybridized carbons (Fsp3) is 0.125. The van der Waals surface area contributed by atoms with E-state index in [1.54, 1.807) is 12.1 Å². The Hall–Kier alpha value is -1.55. The van der Waals surface area contributed by atoms with E-state index in [2.05, 4.69) is 0 Å². The molecule has 3 N–H and O–H groups in total. The summed E-state index contributed by atoms with van der Waals surface area (Å²) in [5.41, 5.74) is 1.97. The highest BCUT2D eigenvalue weighted by atomic mass is 16.3. The Bertz CT molecular complexity index is 302. The molecule has 1 aromatic rings. The van der Waals surface area contributed by atoms with E-state index in [9.17, 15) is 4.79 Å². The Balaban J connectivity index is 2.63. The molecule has 0 aliphatic heterocycles. The molecule has 0 atom stereocenters. The van der Waals surface area contributed by atoms with Gasteiger partial charge in [0.1, 0.15) is 11.5 Å². The van der Waals surface area contributed by atoms with Crippen LogP contribution in [-0.4, -0.2) is 5.91 Å². The van der Waals surface area contributed by atoms with Gasteiger partial charge in [0.15, 0.2) is 0 Å². The second kappa shape index (κ2) is 3.73. The van der Waals surface area contributed by atoms with Crippen LogP contribution in [0.4, 0.5) is 0 Å². The molecule has 0 saturated carbocycles. The standard InChI is InChI=1S/C8H10N2O2/c1-6-2-3-7(12-6)4-5-8(11)10-9/h2-5H,9H2,1H3,(H,10,11)/b5-4+. The number of carbonyl (C=O) groups excluding carboxylic acids is 1. The number of aryl methyl sites for hydroxylation is 1. The molecule has 0 fully saturated rings. The minimum absolute atomic E-state index is 0.357. The number of hydrogen-bond donors (Lipinski definition) is 2. The van der Waals surface area contributed by atoms with Crippen molar-refractivity contribution in [2.24, 2.45) is 5.84 Å².